The number of H-pyrrole nitrogens is 1. The van der Waals surface area contributed by atoms with E-state index in [1.54, 1.807) is 19.2 Å². The molecule has 0 saturated carbocycles. The summed E-state index contributed by atoms with van der Waals surface area (Å²) in [5, 5.41) is 6.45. The highest BCUT2D eigenvalue weighted by Crippen LogP contribution is 2.41. The van der Waals surface area contributed by atoms with Gasteiger partial charge in [-0.1, -0.05) is 19.1 Å². The van der Waals surface area contributed by atoms with Gasteiger partial charge in [-0.15, -0.1) is 0 Å². The SMILES string of the molecule is CCN1CCC(Nc2ccc3c(c2)/C(=C(\c2cccc(C(F)(F)F)c2)c2ncc(C)[nH]2)C(=O)N3)CC1. The van der Waals surface area contributed by atoms with Crippen molar-refractivity contribution in [2.75, 3.05) is 30.3 Å². The number of fused-ring (bicyclic) bond motifs is 1. The minimum atomic E-state index is -4.51. The van der Waals surface area contributed by atoms with Crippen molar-refractivity contribution in [2.45, 2.75) is 38.9 Å². The molecule has 188 valence electrons. The van der Waals surface area contributed by atoms with Gasteiger partial charge in [-0.3, -0.25) is 4.79 Å². The van der Waals surface area contributed by atoms with Crippen LogP contribution in [-0.4, -0.2) is 46.5 Å². The third kappa shape index (κ3) is 4.75. The van der Waals surface area contributed by atoms with E-state index < -0.39 is 11.7 Å². The lowest BCUT2D eigenvalue weighted by atomic mass is 9.93. The molecule has 3 N–H and O–H groups in total. The summed E-state index contributed by atoms with van der Waals surface area (Å²) in [4.78, 5) is 23.1. The Morgan fingerprint density at radius 3 is 2.61 bits per heavy atom. The Hall–Kier alpha value is -3.59. The van der Waals surface area contributed by atoms with Crippen molar-refractivity contribution in [3.05, 3.63) is 76.9 Å². The first-order valence-corrected chi connectivity index (χ1v) is 12.1. The van der Waals surface area contributed by atoms with Crippen molar-refractivity contribution in [3.8, 4) is 0 Å². The number of hydrogen-bond donors (Lipinski definition) is 3. The van der Waals surface area contributed by atoms with Crippen molar-refractivity contribution >= 4 is 28.4 Å². The van der Waals surface area contributed by atoms with Gasteiger partial charge in [0.2, 0.25) is 0 Å². The zero-order valence-electron chi connectivity index (χ0n) is 20.2. The molecule has 0 unspecified atom stereocenters. The van der Waals surface area contributed by atoms with Gasteiger partial charge in [0.15, 0.2) is 0 Å². The number of rotatable bonds is 5. The van der Waals surface area contributed by atoms with E-state index in [1.165, 1.54) is 6.07 Å². The van der Waals surface area contributed by atoms with Crippen LogP contribution in [-0.2, 0) is 11.0 Å². The number of piperidine rings is 1. The third-order valence-electron chi connectivity index (χ3n) is 6.84. The van der Waals surface area contributed by atoms with Gasteiger partial charge in [0.05, 0.1) is 11.1 Å². The predicted octanol–water partition coefficient (Wildman–Crippen LogP) is 5.54. The van der Waals surface area contributed by atoms with Crippen LogP contribution in [0.5, 0.6) is 0 Å². The van der Waals surface area contributed by atoms with Gasteiger partial charge in [-0.25, -0.2) is 4.98 Å². The topological polar surface area (TPSA) is 73.0 Å². The fourth-order valence-corrected chi connectivity index (χ4v) is 4.92. The van der Waals surface area contributed by atoms with Crippen molar-refractivity contribution in [2.24, 2.45) is 0 Å². The minimum Gasteiger partial charge on any atom is -0.382 e. The number of benzene rings is 2. The molecule has 2 aliphatic rings. The summed E-state index contributed by atoms with van der Waals surface area (Å²) in [7, 11) is 0. The Balaban J connectivity index is 1.59. The summed E-state index contributed by atoms with van der Waals surface area (Å²) >= 11 is 0. The number of carbonyl (C=O) groups excluding carboxylic acids is 1. The van der Waals surface area contributed by atoms with Crippen LogP contribution in [0.15, 0.2) is 48.7 Å². The van der Waals surface area contributed by atoms with Gasteiger partial charge in [0.25, 0.3) is 5.91 Å². The number of nitrogens with zero attached hydrogens (tertiary/aromatic N) is 2. The quantitative estimate of drug-likeness (QED) is 0.406. The maximum Gasteiger partial charge on any atom is 0.416 e. The molecule has 1 fully saturated rings. The van der Waals surface area contributed by atoms with Crippen LogP contribution in [0.4, 0.5) is 24.5 Å². The van der Waals surface area contributed by atoms with E-state index in [0.717, 1.165) is 56.0 Å². The summed E-state index contributed by atoms with van der Waals surface area (Å²) in [5.74, 6) is -0.0324. The molecular formula is C27H28F3N5O. The Morgan fingerprint density at radius 1 is 1.17 bits per heavy atom. The Labute approximate surface area is 207 Å². The fraction of sp³-hybridized carbons (Fsp3) is 0.333. The largest absolute Gasteiger partial charge is 0.416 e. The minimum absolute atomic E-state index is 0.266. The average Bonchev–Trinajstić information content (AvgIpc) is 3.42. The van der Waals surface area contributed by atoms with Crippen LogP contribution in [0.1, 0.15) is 48.0 Å². The Kier molecular flexibility index (Phi) is 6.34. The van der Waals surface area contributed by atoms with Gasteiger partial charge < -0.3 is 20.5 Å². The summed E-state index contributed by atoms with van der Waals surface area (Å²) in [6, 6.07) is 11.0. The standard InChI is InChI=1S/C27H28F3N5O/c1-3-35-11-9-19(10-12-35)33-20-7-8-22-21(14-20)24(26(36)34-22)23(25-31-15-16(2)32-25)17-5-4-6-18(13-17)27(28,29)30/h4-8,13-15,19,33H,3,9-12H2,1-2H3,(H,31,32)(H,34,36)/b24-23-. The lowest BCUT2D eigenvalue weighted by molar-refractivity contribution is -0.137. The van der Waals surface area contributed by atoms with Gasteiger partial charge in [0, 0.05) is 53.5 Å². The molecule has 3 aromatic rings. The number of imidazole rings is 1. The van der Waals surface area contributed by atoms with Gasteiger partial charge in [0.1, 0.15) is 5.82 Å². The lowest BCUT2D eigenvalue weighted by Gasteiger charge is -2.32. The van der Waals surface area contributed by atoms with E-state index in [0.29, 0.717) is 34.3 Å². The molecule has 3 heterocycles. The number of anilines is 2. The number of aromatic amines is 1. The average molecular weight is 496 g/mol. The zero-order valence-corrected chi connectivity index (χ0v) is 20.2. The van der Waals surface area contributed by atoms with E-state index in [4.69, 9.17) is 0 Å². The third-order valence-corrected chi connectivity index (χ3v) is 6.84. The molecular weight excluding hydrogens is 467 g/mol. The van der Waals surface area contributed by atoms with Gasteiger partial charge in [-0.2, -0.15) is 13.2 Å². The van der Waals surface area contributed by atoms with Crippen LogP contribution < -0.4 is 10.6 Å². The molecule has 1 aromatic heterocycles. The molecule has 36 heavy (non-hydrogen) atoms. The van der Waals surface area contributed by atoms with Crippen molar-refractivity contribution < 1.29 is 18.0 Å². The molecule has 1 amide bonds. The highest BCUT2D eigenvalue weighted by atomic mass is 19.4. The maximum absolute atomic E-state index is 13.5. The number of likely N-dealkylation sites (tertiary alicyclic amines) is 1. The highest BCUT2D eigenvalue weighted by molar-refractivity contribution is 6.38. The number of aryl methyl sites for hydroxylation is 1. The zero-order chi connectivity index (χ0) is 25.4. The smallest absolute Gasteiger partial charge is 0.382 e. The number of halogens is 3. The van der Waals surface area contributed by atoms with E-state index in [1.807, 2.05) is 18.2 Å². The number of hydrogen-bond acceptors (Lipinski definition) is 4. The number of aromatic nitrogens is 2. The Bertz CT molecular complexity index is 1320. The molecule has 0 radical (unpaired) electrons. The highest BCUT2D eigenvalue weighted by Gasteiger charge is 2.33. The monoisotopic (exact) mass is 495 g/mol. The van der Waals surface area contributed by atoms with Crippen LogP contribution in [0.2, 0.25) is 0 Å². The molecule has 2 aromatic carbocycles. The molecule has 0 atom stereocenters. The number of amides is 1. The number of carbonyl (C=O) groups is 1. The van der Waals surface area contributed by atoms with Gasteiger partial charge in [-0.05, 0) is 62.2 Å². The van der Waals surface area contributed by atoms with E-state index in [-0.39, 0.29) is 11.5 Å². The number of alkyl halides is 3. The van der Waals surface area contributed by atoms with E-state index >= 15 is 0 Å². The van der Waals surface area contributed by atoms with Gasteiger partial charge >= 0.3 is 6.18 Å². The molecule has 2 aliphatic heterocycles. The number of nitrogens with one attached hydrogen (secondary N) is 3. The molecule has 1 saturated heterocycles. The summed E-state index contributed by atoms with van der Waals surface area (Å²) in [6.07, 6.45) is -0.874. The van der Waals surface area contributed by atoms with Crippen molar-refractivity contribution in [1.82, 2.24) is 14.9 Å². The second-order valence-corrected chi connectivity index (χ2v) is 9.31. The fourth-order valence-electron chi connectivity index (χ4n) is 4.92. The van der Waals surface area contributed by atoms with E-state index in [2.05, 4.69) is 32.4 Å². The summed E-state index contributed by atoms with van der Waals surface area (Å²) in [5.41, 5.74) is 2.98. The van der Waals surface area contributed by atoms with Crippen molar-refractivity contribution in [3.63, 3.8) is 0 Å². The lowest BCUT2D eigenvalue weighted by Crippen LogP contribution is -2.38. The summed E-state index contributed by atoms with van der Waals surface area (Å²) < 4.78 is 40.6. The van der Waals surface area contributed by atoms with Crippen LogP contribution in [0.25, 0.3) is 11.1 Å². The maximum atomic E-state index is 13.5. The molecule has 6 nitrogen and oxygen atoms in total. The van der Waals surface area contributed by atoms with Crippen LogP contribution in [0, 0.1) is 6.92 Å². The molecule has 0 bridgehead atoms. The molecule has 9 heteroatoms. The molecule has 0 aliphatic carbocycles. The summed E-state index contributed by atoms with van der Waals surface area (Å²) in [6.45, 7) is 7.07. The predicted molar refractivity (Wildman–Crippen MR) is 135 cm³/mol. The van der Waals surface area contributed by atoms with E-state index in [9.17, 15) is 18.0 Å². The van der Waals surface area contributed by atoms with Crippen molar-refractivity contribution in [1.29, 1.82) is 0 Å². The van der Waals surface area contributed by atoms with Crippen LogP contribution in [0.3, 0.4) is 0 Å². The van der Waals surface area contributed by atoms with Crippen LogP contribution >= 0.6 is 0 Å². The normalized spacial score (nSPS) is 18.2. The second-order valence-electron chi connectivity index (χ2n) is 9.31. The first-order chi connectivity index (χ1) is 17.2. The molecule has 0 spiro atoms. The Morgan fingerprint density at radius 2 is 1.94 bits per heavy atom. The first-order valence-electron chi connectivity index (χ1n) is 12.1. The second kappa shape index (κ2) is 9.46. The molecule has 5 rings (SSSR count). The first kappa shape index (κ1) is 24.1.